The van der Waals surface area contributed by atoms with Crippen LogP contribution in [0, 0.1) is 13.8 Å². The first-order valence-electron chi connectivity index (χ1n) is 10.2. The minimum atomic E-state index is 1.08. The van der Waals surface area contributed by atoms with Gasteiger partial charge in [0, 0.05) is 0 Å². The lowest BCUT2D eigenvalue weighted by Gasteiger charge is -2.06. The third-order valence-corrected chi connectivity index (χ3v) is 4.87. The number of aryl methyl sites for hydroxylation is 2. The van der Waals surface area contributed by atoms with Gasteiger partial charge in [0.05, 0.1) is 0 Å². The van der Waals surface area contributed by atoms with Gasteiger partial charge in [-0.15, -0.1) is 0 Å². The topological polar surface area (TPSA) is 0 Å². The smallest absolute Gasteiger partial charge is 0.0183 e. The van der Waals surface area contributed by atoms with Crippen LogP contribution in [-0.4, -0.2) is 0 Å². The van der Waals surface area contributed by atoms with Crippen molar-refractivity contribution >= 4 is 17.7 Å². The first-order valence-corrected chi connectivity index (χ1v) is 10.2. The maximum Gasteiger partial charge on any atom is -0.0183 e. The molecule has 4 aromatic carbocycles. The normalized spacial score (nSPS) is 10.3. The molecule has 0 N–H and O–H groups in total. The molecule has 0 nitrogen and oxygen atoms in total. The van der Waals surface area contributed by atoms with Crippen LogP contribution in [0.1, 0.15) is 33.4 Å². The van der Waals surface area contributed by atoms with Crippen molar-refractivity contribution in [3.05, 3.63) is 149 Å². The average molecular weight is 389 g/mol. The lowest BCUT2D eigenvalue weighted by molar-refractivity contribution is 1.45. The molecule has 0 saturated heterocycles. The van der Waals surface area contributed by atoms with Crippen LogP contribution in [0.15, 0.2) is 116 Å². The molecule has 4 aromatic rings. The van der Waals surface area contributed by atoms with E-state index in [4.69, 9.17) is 0 Å². The Morgan fingerprint density at radius 3 is 1.43 bits per heavy atom. The van der Waals surface area contributed by atoms with E-state index in [2.05, 4.69) is 118 Å². The molecule has 0 spiro atoms. The Morgan fingerprint density at radius 2 is 0.900 bits per heavy atom. The summed E-state index contributed by atoms with van der Waals surface area (Å²) in [6.07, 6.45) is 4.26. The Morgan fingerprint density at radius 1 is 0.500 bits per heavy atom. The van der Waals surface area contributed by atoms with Crippen molar-refractivity contribution in [1.29, 1.82) is 0 Å². The fraction of sp³-hybridized carbons (Fsp3) is 0.0667. The van der Waals surface area contributed by atoms with Crippen molar-refractivity contribution in [3.63, 3.8) is 0 Å². The van der Waals surface area contributed by atoms with Gasteiger partial charge in [0.1, 0.15) is 0 Å². The SMILES string of the molecule is C=C(c1ccccc1)c1ccc(C)cc1.Cc1ccc(/C=C/c2ccccc2)cc1. The second-order valence-corrected chi connectivity index (χ2v) is 7.37. The molecule has 0 bridgehead atoms. The largest absolute Gasteiger partial charge is 0.0906 e. The van der Waals surface area contributed by atoms with Crippen LogP contribution in [0.2, 0.25) is 0 Å². The molecule has 30 heavy (non-hydrogen) atoms. The molecule has 0 radical (unpaired) electrons. The molecule has 0 atom stereocenters. The average Bonchev–Trinajstić information content (AvgIpc) is 2.80. The van der Waals surface area contributed by atoms with E-state index in [1.54, 1.807) is 0 Å². The molecular formula is C30H28. The highest BCUT2D eigenvalue weighted by molar-refractivity contribution is 5.78. The molecule has 0 aromatic heterocycles. The number of hydrogen-bond acceptors (Lipinski definition) is 0. The summed E-state index contributed by atoms with van der Waals surface area (Å²) in [6.45, 7) is 8.32. The van der Waals surface area contributed by atoms with Crippen LogP contribution in [-0.2, 0) is 0 Å². The molecule has 0 heteroatoms. The van der Waals surface area contributed by atoms with Gasteiger partial charge in [-0.2, -0.15) is 0 Å². The highest BCUT2D eigenvalue weighted by atomic mass is 14.0. The van der Waals surface area contributed by atoms with E-state index >= 15 is 0 Å². The molecular weight excluding hydrogens is 360 g/mol. The predicted octanol–water partition coefficient (Wildman–Crippen LogP) is 8.22. The van der Waals surface area contributed by atoms with E-state index < -0.39 is 0 Å². The maximum absolute atomic E-state index is 4.12. The molecule has 0 unspecified atom stereocenters. The van der Waals surface area contributed by atoms with Crippen molar-refractivity contribution in [2.24, 2.45) is 0 Å². The fourth-order valence-electron chi connectivity index (χ4n) is 2.99. The number of rotatable bonds is 4. The minimum Gasteiger partial charge on any atom is -0.0906 e. The van der Waals surface area contributed by atoms with E-state index in [1.165, 1.54) is 33.4 Å². The minimum absolute atomic E-state index is 1.08. The highest BCUT2D eigenvalue weighted by Gasteiger charge is 2.00. The van der Waals surface area contributed by atoms with Gasteiger partial charge in [-0.3, -0.25) is 0 Å². The number of benzene rings is 4. The van der Waals surface area contributed by atoms with Gasteiger partial charge < -0.3 is 0 Å². The zero-order valence-corrected chi connectivity index (χ0v) is 17.8. The van der Waals surface area contributed by atoms with Gasteiger partial charge in [0.2, 0.25) is 0 Å². The summed E-state index contributed by atoms with van der Waals surface area (Å²) in [5.74, 6) is 0. The Kier molecular flexibility index (Phi) is 7.58. The lowest BCUT2D eigenvalue weighted by Crippen LogP contribution is -1.85. The Hall–Kier alpha value is -3.64. The Balaban J connectivity index is 0.000000171. The van der Waals surface area contributed by atoms with Gasteiger partial charge in [-0.25, -0.2) is 0 Å². The van der Waals surface area contributed by atoms with E-state index in [9.17, 15) is 0 Å². The van der Waals surface area contributed by atoms with Gasteiger partial charge >= 0.3 is 0 Å². The third-order valence-electron chi connectivity index (χ3n) is 4.87. The molecule has 0 aliphatic rings. The van der Waals surface area contributed by atoms with Crippen molar-refractivity contribution in [3.8, 4) is 0 Å². The summed E-state index contributed by atoms with van der Waals surface area (Å²) in [5.41, 5.74) is 8.50. The second-order valence-electron chi connectivity index (χ2n) is 7.37. The van der Waals surface area contributed by atoms with Crippen LogP contribution >= 0.6 is 0 Å². The summed E-state index contributed by atoms with van der Waals surface area (Å²) in [5, 5.41) is 0. The van der Waals surface area contributed by atoms with E-state index in [-0.39, 0.29) is 0 Å². The van der Waals surface area contributed by atoms with Crippen LogP contribution in [0.25, 0.3) is 17.7 Å². The van der Waals surface area contributed by atoms with Crippen molar-refractivity contribution in [2.75, 3.05) is 0 Å². The van der Waals surface area contributed by atoms with Gasteiger partial charge in [-0.1, -0.05) is 139 Å². The van der Waals surface area contributed by atoms with Gasteiger partial charge in [0.25, 0.3) is 0 Å². The molecule has 0 fully saturated rings. The van der Waals surface area contributed by atoms with Gasteiger partial charge in [-0.05, 0) is 41.7 Å². The Labute approximate surface area is 180 Å². The standard InChI is InChI=1S/2C15H14/c1-12-8-10-15(11-9-12)13(2)14-6-4-3-5-7-14;1-13-7-9-15(10-8-13)12-11-14-5-3-2-4-6-14/h3-11H,2H2,1H3;2-12H,1H3/b;12-11+. The summed E-state index contributed by atoms with van der Waals surface area (Å²) < 4.78 is 0. The van der Waals surface area contributed by atoms with Gasteiger partial charge in [0.15, 0.2) is 0 Å². The van der Waals surface area contributed by atoms with E-state index in [1.807, 2.05) is 24.3 Å². The summed E-state index contributed by atoms with van der Waals surface area (Å²) in [7, 11) is 0. The third kappa shape index (κ3) is 6.46. The molecule has 4 rings (SSSR count). The quantitative estimate of drug-likeness (QED) is 0.309. The van der Waals surface area contributed by atoms with Crippen molar-refractivity contribution < 1.29 is 0 Å². The molecule has 148 valence electrons. The first kappa shape index (κ1) is 21.1. The molecule has 0 aliphatic carbocycles. The fourth-order valence-corrected chi connectivity index (χ4v) is 2.99. The molecule has 0 amide bonds. The monoisotopic (exact) mass is 388 g/mol. The molecule has 0 heterocycles. The second kappa shape index (κ2) is 10.8. The first-order chi connectivity index (χ1) is 14.6. The summed E-state index contributed by atoms with van der Waals surface area (Å²) in [6, 6.07) is 37.6. The molecule has 0 aliphatic heterocycles. The predicted molar refractivity (Wildman–Crippen MR) is 132 cm³/mol. The Bertz CT molecular complexity index is 1070. The summed E-state index contributed by atoms with van der Waals surface area (Å²) in [4.78, 5) is 0. The van der Waals surface area contributed by atoms with Crippen LogP contribution in [0.4, 0.5) is 0 Å². The van der Waals surface area contributed by atoms with Crippen LogP contribution < -0.4 is 0 Å². The van der Waals surface area contributed by atoms with E-state index in [0.717, 1.165) is 5.57 Å². The summed E-state index contributed by atoms with van der Waals surface area (Å²) >= 11 is 0. The lowest BCUT2D eigenvalue weighted by atomic mass is 9.99. The van der Waals surface area contributed by atoms with Crippen molar-refractivity contribution in [1.82, 2.24) is 0 Å². The van der Waals surface area contributed by atoms with Crippen molar-refractivity contribution in [2.45, 2.75) is 13.8 Å². The zero-order chi connectivity index (χ0) is 21.2. The highest BCUT2D eigenvalue weighted by Crippen LogP contribution is 2.21. The zero-order valence-electron chi connectivity index (χ0n) is 17.8. The van der Waals surface area contributed by atoms with Crippen LogP contribution in [0.5, 0.6) is 0 Å². The maximum atomic E-state index is 4.12. The number of hydrogen-bond donors (Lipinski definition) is 0. The molecule has 0 saturated carbocycles. The van der Waals surface area contributed by atoms with E-state index in [0.29, 0.717) is 0 Å². The van der Waals surface area contributed by atoms with Crippen LogP contribution in [0.3, 0.4) is 0 Å².